The molecule has 7 aromatic rings. The number of carbonyl (C=O) groups is 8. The van der Waals surface area contributed by atoms with Crippen LogP contribution in [0.5, 0.6) is 0 Å². The van der Waals surface area contributed by atoms with Gasteiger partial charge >= 0.3 is 23.7 Å². The zero-order chi connectivity index (χ0) is 64.5. The predicted molar refractivity (Wildman–Crippen MR) is 337 cm³/mol. The smallest absolute Gasteiger partial charge is 0.411 e. The van der Waals surface area contributed by atoms with Gasteiger partial charge in [-0.2, -0.15) is 0 Å². The van der Waals surface area contributed by atoms with Gasteiger partial charge < -0.3 is 40.0 Å². The molecule has 0 aliphatic heterocycles. The summed E-state index contributed by atoms with van der Waals surface area (Å²) in [6, 6.07) is 30.2. The van der Waals surface area contributed by atoms with Crippen molar-refractivity contribution in [2.24, 2.45) is 7.05 Å². The lowest BCUT2D eigenvalue weighted by atomic mass is 10.0. The second kappa shape index (κ2) is 31.6. The van der Waals surface area contributed by atoms with E-state index in [1.807, 2.05) is 0 Å². The lowest BCUT2D eigenvalue weighted by Crippen LogP contribution is -2.44. The Kier molecular flexibility index (Phi) is 24.4. The second-order valence-corrected chi connectivity index (χ2v) is 22.2. The molecule has 25 heteroatoms. The summed E-state index contributed by atoms with van der Waals surface area (Å²) in [5, 5.41) is 11.6. The minimum absolute atomic E-state index is 0.0380. The molecular weight excluding hydrogens is 1220 g/mol. The number of ether oxygens (including phenoxy) is 3. The molecule has 0 saturated heterocycles. The van der Waals surface area contributed by atoms with E-state index in [0.717, 1.165) is 10.1 Å². The third kappa shape index (κ3) is 18.3. The number of nitrogens with one attached hydrogen (secondary N) is 4. The van der Waals surface area contributed by atoms with Gasteiger partial charge in [0, 0.05) is 52.8 Å². The van der Waals surface area contributed by atoms with Crippen LogP contribution < -0.4 is 32.5 Å². The molecule has 462 valence electrons. The average molecular weight is 1280 g/mol. The molecular formula is C63H64Cl4N8O13. The predicted octanol–water partition coefficient (Wildman–Crippen LogP) is 9.57. The number of carbonyl (C=O) groups excluding carboxylic acids is 8. The van der Waals surface area contributed by atoms with Crippen molar-refractivity contribution in [2.75, 3.05) is 31.3 Å². The molecule has 0 radical (unpaired) electrons. The Morgan fingerprint density at radius 2 is 1.02 bits per heavy atom. The summed E-state index contributed by atoms with van der Waals surface area (Å²) >= 11 is 24.7. The lowest BCUT2D eigenvalue weighted by Gasteiger charge is -2.20. The van der Waals surface area contributed by atoms with Gasteiger partial charge in [-0.15, -0.1) is 0 Å². The molecule has 2 atom stereocenters. The molecule has 0 saturated carbocycles. The number of esters is 2. The third-order valence-corrected chi connectivity index (χ3v) is 14.2. The largest absolute Gasteiger partial charge is 0.461 e. The van der Waals surface area contributed by atoms with Crippen LogP contribution in [-0.4, -0.2) is 113 Å². The van der Waals surface area contributed by atoms with E-state index < -0.39 is 71.3 Å². The highest BCUT2D eigenvalue weighted by Crippen LogP contribution is 2.27. The van der Waals surface area contributed by atoms with Crippen LogP contribution in [0.3, 0.4) is 0 Å². The molecule has 7 rings (SSSR count). The van der Waals surface area contributed by atoms with Gasteiger partial charge in [-0.25, -0.2) is 23.7 Å². The summed E-state index contributed by atoms with van der Waals surface area (Å²) in [4.78, 5) is 129. The Bertz CT molecular complexity index is 3820. The zero-order valence-corrected chi connectivity index (χ0v) is 52.2. The van der Waals surface area contributed by atoms with E-state index in [1.54, 1.807) is 153 Å². The highest BCUT2D eigenvalue weighted by atomic mass is 35.5. The van der Waals surface area contributed by atoms with Crippen LogP contribution in [0.15, 0.2) is 131 Å². The second-order valence-electron chi connectivity index (χ2n) is 20.5. The Labute approximate surface area is 526 Å². The van der Waals surface area contributed by atoms with Crippen LogP contribution in [-0.2, 0) is 66.4 Å². The van der Waals surface area contributed by atoms with Crippen LogP contribution in [0, 0.1) is 0 Å². The maximum absolute atomic E-state index is 13.5. The third-order valence-electron chi connectivity index (χ3n) is 12.9. The first kappa shape index (κ1) is 68.1. The zero-order valence-electron chi connectivity index (χ0n) is 49.2. The van der Waals surface area contributed by atoms with E-state index in [4.69, 9.17) is 60.6 Å². The number of amides is 6. The van der Waals surface area contributed by atoms with Gasteiger partial charge in [0.1, 0.15) is 12.1 Å². The Morgan fingerprint density at radius 3 is 1.48 bits per heavy atom. The van der Waals surface area contributed by atoms with Crippen molar-refractivity contribution in [3.8, 4) is 5.69 Å². The van der Waals surface area contributed by atoms with Crippen molar-refractivity contribution >= 4 is 117 Å². The highest BCUT2D eigenvalue weighted by Gasteiger charge is 2.29. The first-order valence-electron chi connectivity index (χ1n) is 27.4. The number of aryl methyl sites for hydroxylation is 1. The van der Waals surface area contributed by atoms with E-state index in [-0.39, 0.29) is 68.5 Å². The standard InChI is InChI=1S/C32H34Cl2N4O7.C31H30Cl2N4O6/c1-5-44-32(43)37-26-14-11-21(17-38(4)18-39)15-23(26)29(40)35-22-12-9-20(10-13-22)16-27(31(42)45-19(2)3)36-30(41)28-24(33)7-6-8-25(28)34;1-18(2)43-30(41)25(34-28(39)27-23(32)6-5-7-24(27)33)15-19-8-11-21(12-9-19)37-29(40)22-14-20(16-35(3)17-38)10-13-26(22)36(4)31(37)42/h6-15,18-19,27H,5,16-17H2,1-4H3,(H,35,40)(H,36,41)(H,37,43);5-14,17-18,25H,15-16H2,1-4H3,(H,34,39)/t27-;25-/m00/s1. The number of rotatable bonds is 23. The molecule has 6 amide bonds. The van der Waals surface area contributed by atoms with Gasteiger partial charge in [0.2, 0.25) is 12.8 Å². The summed E-state index contributed by atoms with van der Waals surface area (Å²) in [6.07, 6.45) is -0.0764. The molecule has 6 aromatic carbocycles. The Balaban J connectivity index is 0.000000281. The number of nitrogens with zero attached hydrogens (tertiary/aromatic N) is 4. The monoisotopic (exact) mass is 1280 g/mol. The topological polar surface area (TPSA) is 263 Å². The van der Waals surface area contributed by atoms with Crippen molar-refractivity contribution in [3.63, 3.8) is 0 Å². The van der Waals surface area contributed by atoms with Crippen molar-refractivity contribution < 1.29 is 52.6 Å². The fourth-order valence-electron chi connectivity index (χ4n) is 8.83. The van der Waals surface area contributed by atoms with Crippen LogP contribution in [0.1, 0.15) is 87.9 Å². The molecule has 0 aliphatic carbocycles. The molecule has 0 bridgehead atoms. The number of fused-ring (bicyclic) bond motifs is 1. The fourth-order valence-corrected chi connectivity index (χ4v) is 9.97. The Morgan fingerprint density at radius 1 is 0.580 bits per heavy atom. The van der Waals surface area contributed by atoms with Crippen molar-refractivity contribution in [3.05, 3.63) is 201 Å². The van der Waals surface area contributed by atoms with Gasteiger partial charge in [0.25, 0.3) is 23.3 Å². The first-order valence-corrected chi connectivity index (χ1v) is 28.9. The van der Waals surface area contributed by atoms with Gasteiger partial charge in [-0.05, 0) is 130 Å². The van der Waals surface area contributed by atoms with E-state index >= 15 is 0 Å². The van der Waals surface area contributed by atoms with Crippen LogP contribution in [0.25, 0.3) is 16.6 Å². The quantitative estimate of drug-likeness (QED) is 0.0264. The number of halogens is 4. The van der Waals surface area contributed by atoms with Crippen molar-refractivity contribution in [1.29, 1.82) is 0 Å². The summed E-state index contributed by atoms with van der Waals surface area (Å²) in [6.45, 7) is 9.15. The summed E-state index contributed by atoms with van der Waals surface area (Å²) in [7, 11) is 4.80. The van der Waals surface area contributed by atoms with Gasteiger partial charge in [0.05, 0.1) is 77.9 Å². The van der Waals surface area contributed by atoms with Gasteiger partial charge in [-0.1, -0.05) is 94.9 Å². The maximum Gasteiger partial charge on any atom is 0.411 e. The number of anilines is 2. The Hall–Kier alpha value is -9.02. The normalized spacial score (nSPS) is 11.5. The molecule has 1 heterocycles. The maximum atomic E-state index is 13.5. The van der Waals surface area contributed by atoms with E-state index in [0.29, 0.717) is 58.3 Å². The van der Waals surface area contributed by atoms with Crippen molar-refractivity contribution in [2.45, 2.75) is 84.8 Å². The molecule has 0 spiro atoms. The van der Waals surface area contributed by atoms with Crippen LogP contribution >= 0.6 is 46.4 Å². The SMILES string of the molecule is CC(C)OC(=O)[C@H](Cc1ccc(-n2c(=O)c3cc(CN(C)C=O)ccc3n(C)c2=O)cc1)NC(=O)c1c(Cl)cccc1Cl.CCOC(=O)Nc1ccc(CN(C)C=O)cc1C(=O)Nc1ccc(C[C@H](NC(=O)c2c(Cl)cccc2Cl)C(=O)OC(C)C)cc1. The molecule has 88 heavy (non-hydrogen) atoms. The lowest BCUT2D eigenvalue weighted by molar-refractivity contribution is -0.150. The first-order chi connectivity index (χ1) is 41.8. The molecule has 0 unspecified atom stereocenters. The van der Waals surface area contributed by atoms with E-state index in [9.17, 15) is 47.9 Å². The van der Waals surface area contributed by atoms with Crippen molar-refractivity contribution in [1.82, 2.24) is 29.6 Å². The minimum Gasteiger partial charge on any atom is -0.461 e. The van der Waals surface area contributed by atoms with E-state index in [1.165, 1.54) is 38.6 Å². The number of aromatic nitrogens is 2. The number of hydrogen-bond acceptors (Lipinski definition) is 13. The minimum atomic E-state index is -1.08. The summed E-state index contributed by atoms with van der Waals surface area (Å²) in [5.74, 6) is -3.07. The van der Waals surface area contributed by atoms with Crippen LogP contribution in [0.2, 0.25) is 20.1 Å². The number of benzene rings is 6. The van der Waals surface area contributed by atoms with Crippen LogP contribution in [0.4, 0.5) is 16.2 Å². The van der Waals surface area contributed by atoms with Gasteiger partial charge in [0.15, 0.2) is 0 Å². The molecule has 1 aromatic heterocycles. The van der Waals surface area contributed by atoms with E-state index in [2.05, 4.69) is 21.3 Å². The molecule has 4 N–H and O–H groups in total. The number of hydrogen-bond donors (Lipinski definition) is 4. The average Bonchev–Trinajstić information content (AvgIpc) is 0.895. The molecule has 0 aliphatic rings. The molecule has 0 fully saturated rings. The van der Waals surface area contributed by atoms with Gasteiger partial charge in [-0.3, -0.25) is 38.7 Å². The molecule has 21 nitrogen and oxygen atoms in total. The highest BCUT2D eigenvalue weighted by molar-refractivity contribution is 6.40. The summed E-state index contributed by atoms with van der Waals surface area (Å²) < 4.78 is 18.1. The summed E-state index contributed by atoms with van der Waals surface area (Å²) in [5.41, 5.74) is 3.30. The fraction of sp³-hybridized carbons (Fsp3) is 0.270.